The monoisotopic (exact) mass is 290 g/mol. The first kappa shape index (κ1) is 11.8. The highest BCUT2D eigenvalue weighted by Crippen LogP contribution is 2.54. The first-order chi connectivity index (χ1) is 10.3. The van der Waals surface area contributed by atoms with Crippen LogP contribution >= 0.6 is 0 Å². The Morgan fingerprint density at radius 1 is 1.38 bits per heavy atom. The van der Waals surface area contributed by atoms with Crippen LogP contribution in [-0.4, -0.2) is 56.2 Å². The third-order valence-electron chi connectivity index (χ3n) is 5.08. The molecule has 3 aliphatic rings. The molecule has 0 aliphatic carbocycles. The fourth-order valence-electron chi connectivity index (χ4n) is 4.18. The molecular weight excluding hydrogens is 276 g/mol. The number of rotatable bonds is 2. The fourth-order valence-corrected chi connectivity index (χ4v) is 4.18. The van der Waals surface area contributed by atoms with Crippen molar-refractivity contribution >= 4 is 11.2 Å². The lowest BCUT2D eigenvalue weighted by molar-refractivity contribution is 0.0541. The maximum Gasteiger partial charge on any atom is 0.278 e. The Hall–Kier alpha value is -1.77. The molecule has 0 amide bonds. The van der Waals surface area contributed by atoms with Crippen molar-refractivity contribution in [1.82, 2.24) is 19.5 Å². The molecule has 0 aromatic carbocycles. The van der Waals surface area contributed by atoms with Gasteiger partial charge in [0.05, 0.1) is 37.5 Å². The zero-order valence-electron chi connectivity index (χ0n) is 11.0. The second kappa shape index (κ2) is 3.90. The van der Waals surface area contributed by atoms with Gasteiger partial charge in [-0.15, -0.1) is 0 Å². The van der Waals surface area contributed by atoms with Gasteiger partial charge in [0.1, 0.15) is 6.10 Å². The number of nitrogens with zero attached hydrogens (tertiary/aromatic N) is 3. The molecule has 2 N–H and O–H groups in total. The molecule has 6 unspecified atom stereocenters. The topological polar surface area (TPSA) is 102 Å². The molecule has 110 valence electrons. The standard InChI is InChI=1S/C13H14N4O4/c18-1-5-6-2-20-11-8(9(5)21-10(6)11)17-4-16-7-12(17)14-3-15-13(7)19/h3-6,8-11,18H,1-2H2,(H,14,15,19). The number of fused-ring (bicyclic) bond motifs is 2. The van der Waals surface area contributed by atoms with Crippen molar-refractivity contribution in [1.29, 1.82) is 0 Å². The summed E-state index contributed by atoms with van der Waals surface area (Å²) in [7, 11) is 0. The predicted molar refractivity (Wildman–Crippen MR) is 69.7 cm³/mol. The minimum absolute atomic E-state index is 0.0246. The highest BCUT2D eigenvalue weighted by molar-refractivity contribution is 5.69. The smallest absolute Gasteiger partial charge is 0.278 e. The van der Waals surface area contributed by atoms with Gasteiger partial charge in [0.25, 0.3) is 5.56 Å². The molecule has 6 atom stereocenters. The highest BCUT2D eigenvalue weighted by Gasteiger charge is 2.64. The van der Waals surface area contributed by atoms with E-state index in [0.29, 0.717) is 17.8 Å². The summed E-state index contributed by atoms with van der Waals surface area (Å²) >= 11 is 0. The number of nitrogens with one attached hydrogen (secondary N) is 1. The Balaban J connectivity index is 1.67. The lowest BCUT2D eigenvalue weighted by Crippen LogP contribution is -2.40. The summed E-state index contributed by atoms with van der Waals surface area (Å²) in [6.45, 7) is 0.702. The molecular formula is C13H14N4O4. The minimum Gasteiger partial charge on any atom is -0.396 e. The van der Waals surface area contributed by atoms with Crippen LogP contribution in [0, 0.1) is 11.8 Å². The Morgan fingerprint density at radius 2 is 2.29 bits per heavy atom. The average Bonchev–Trinajstić information content (AvgIpc) is 3.18. The van der Waals surface area contributed by atoms with Crippen LogP contribution in [0.15, 0.2) is 17.4 Å². The van der Waals surface area contributed by atoms with Crippen LogP contribution < -0.4 is 5.56 Å². The lowest BCUT2D eigenvalue weighted by Gasteiger charge is -2.29. The van der Waals surface area contributed by atoms with Crippen molar-refractivity contribution in [3.63, 3.8) is 0 Å². The molecule has 8 heteroatoms. The van der Waals surface area contributed by atoms with Gasteiger partial charge < -0.3 is 24.1 Å². The van der Waals surface area contributed by atoms with E-state index in [1.54, 1.807) is 6.33 Å². The van der Waals surface area contributed by atoms with E-state index in [1.165, 1.54) is 6.33 Å². The number of ether oxygens (including phenoxy) is 2. The fraction of sp³-hybridized carbons (Fsp3) is 0.615. The summed E-state index contributed by atoms with van der Waals surface area (Å²) in [4.78, 5) is 22.7. The third kappa shape index (κ3) is 1.32. The van der Waals surface area contributed by atoms with Crippen LogP contribution in [-0.2, 0) is 9.47 Å². The van der Waals surface area contributed by atoms with E-state index in [4.69, 9.17) is 9.47 Å². The van der Waals surface area contributed by atoms with Gasteiger partial charge in [-0.25, -0.2) is 9.97 Å². The molecule has 0 spiro atoms. The van der Waals surface area contributed by atoms with Gasteiger partial charge in [0.15, 0.2) is 11.2 Å². The summed E-state index contributed by atoms with van der Waals surface area (Å²) < 4.78 is 13.8. The molecule has 5 heterocycles. The van der Waals surface area contributed by atoms with E-state index in [0.717, 1.165) is 0 Å². The van der Waals surface area contributed by atoms with Crippen LogP contribution in [0.2, 0.25) is 0 Å². The summed E-state index contributed by atoms with van der Waals surface area (Å²) in [5.41, 5.74) is 0.589. The van der Waals surface area contributed by atoms with E-state index >= 15 is 0 Å². The Bertz CT molecular complexity index is 771. The van der Waals surface area contributed by atoms with Crippen LogP contribution in [0.1, 0.15) is 6.04 Å². The number of hydrogen-bond acceptors (Lipinski definition) is 6. The highest BCUT2D eigenvalue weighted by atomic mass is 16.6. The van der Waals surface area contributed by atoms with Gasteiger partial charge in [-0.3, -0.25) is 4.79 Å². The lowest BCUT2D eigenvalue weighted by atomic mass is 9.78. The minimum atomic E-state index is -0.258. The van der Waals surface area contributed by atoms with Gasteiger partial charge >= 0.3 is 0 Å². The van der Waals surface area contributed by atoms with Crippen LogP contribution in [0.5, 0.6) is 0 Å². The number of hydrogen-bond donors (Lipinski definition) is 2. The van der Waals surface area contributed by atoms with Gasteiger partial charge in [-0.1, -0.05) is 0 Å². The molecule has 2 aromatic rings. The maximum atomic E-state index is 11.8. The molecule has 3 fully saturated rings. The van der Waals surface area contributed by atoms with Crippen LogP contribution in [0.25, 0.3) is 11.2 Å². The number of H-pyrrole nitrogens is 1. The molecule has 0 saturated carbocycles. The molecule has 0 radical (unpaired) electrons. The molecule has 2 bridgehead atoms. The summed E-state index contributed by atoms with van der Waals surface area (Å²) in [6.07, 6.45) is 2.85. The Morgan fingerprint density at radius 3 is 3.14 bits per heavy atom. The van der Waals surface area contributed by atoms with Gasteiger partial charge in [-0.05, 0) is 0 Å². The number of aliphatic hydroxyl groups excluding tert-OH is 1. The van der Waals surface area contributed by atoms with Crippen molar-refractivity contribution in [3.05, 3.63) is 23.0 Å². The Labute approximate surface area is 118 Å². The quantitative estimate of drug-likeness (QED) is 0.740. The number of aromatic nitrogens is 4. The van der Waals surface area contributed by atoms with Gasteiger partial charge in [0, 0.05) is 18.4 Å². The number of aliphatic hydroxyl groups is 1. The van der Waals surface area contributed by atoms with E-state index in [2.05, 4.69) is 15.0 Å². The molecule has 21 heavy (non-hydrogen) atoms. The first-order valence-electron chi connectivity index (χ1n) is 7.07. The molecule has 8 nitrogen and oxygen atoms in total. The number of aromatic amines is 1. The zero-order chi connectivity index (χ0) is 14.1. The SMILES string of the molecule is O=c1[nH]cnc2c1ncn2C1C2OC3C(COC31)C2CO. The zero-order valence-corrected chi connectivity index (χ0v) is 11.0. The Kier molecular flexibility index (Phi) is 2.20. The van der Waals surface area contributed by atoms with Gasteiger partial charge in [-0.2, -0.15) is 0 Å². The van der Waals surface area contributed by atoms with E-state index in [1.807, 2.05) is 4.57 Å². The normalized spacial score (nSPS) is 40.4. The summed E-state index contributed by atoms with van der Waals surface area (Å²) in [5.74, 6) is 0.339. The molecule has 5 rings (SSSR count). The predicted octanol–water partition coefficient (Wildman–Crippen LogP) is -0.935. The average molecular weight is 290 g/mol. The largest absolute Gasteiger partial charge is 0.396 e. The van der Waals surface area contributed by atoms with Crippen molar-refractivity contribution in [2.75, 3.05) is 13.2 Å². The first-order valence-corrected chi connectivity index (χ1v) is 7.07. The van der Waals surface area contributed by atoms with E-state index in [9.17, 15) is 9.90 Å². The maximum absolute atomic E-state index is 11.8. The number of imidazole rings is 1. The summed E-state index contributed by atoms with van der Waals surface area (Å²) in [5, 5.41) is 9.65. The third-order valence-corrected chi connectivity index (χ3v) is 5.08. The van der Waals surface area contributed by atoms with Gasteiger partial charge in [0.2, 0.25) is 0 Å². The van der Waals surface area contributed by atoms with Crippen molar-refractivity contribution in [3.8, 4) is 0 Å². The molecule has 3 aliphatic heterocycles. The van der Waals surface area contributed by atoms with Crippen molar-refractivity contribution < 1.29 is 14.6 Å². The van der Waals surface area contributed by atoms with Crippen molar-refractivity contribution in [2.24, 2.45) is 11.8 Å². The van der Waals surface area contributed by atoms with Crippen LogP contribution in [0.4, 0.5) is 0 Å². The van der Waals surface area contributed by atoms with E-state index in [-0.39, 0.29) is 48.4 Å². The molecule has 3 saturated heterocycles. The van der Waals surface area contributed by atoms with Crippen molar-refractivity contribution in [2.45, 2.75) is 24.4 Å². The second-order valence-corrected chi connectivity index (χ2v) is 5.92. The second-order valence-electron chi connectivity index (χ2n) is 5.92. The van der Waals surface area contributed by atoms with Crippen LogP contribution in [0.3, 0.4) is 0 Å². The summed E-state index contributed by atoms with van der Waals surface area (Å²) in [6, 6.07) is -0.0924. The van der Waals surface area contributed by atoms with E-state index < -0.39 is 0 Å². The molecule has 2 aromatic heterocycles.